The van der Waals surface area contributed by atoms with E-state index in [4.69, 9.17) is 23.2 Å². The molecule has 0 radical (unpaired) electrons. The summed E-state index contributed by atoms with van der Waals surface area (Å²) >= 11 is 13.5. The number of likely N-dealkylation sites (tertiary alicyclic amines) is 1. The minimum atomic E-state index is -0.324. The van der Waals surface area contributed by atoms with Gasteiger partial charge in [0.15, 0.2) is 5.78 Å². The van der Waals surface area contributed by atoms with E-state index in [2.05, 4.69) is 5.32 Å². The van der Waals surface area contributed by atoms with Crippen LogP contribution in [0, 0.1) is 5.92 Å². The van der Waals surface area contributed by atoms with E-state index in [9.17, 15) is 14.4 Å². The average molecular weight is 453 g/mol. The second-order valence-corrected chi connectivity index (χ2v) is 8.91. The molecule has 2 aromatic rings. The second kappa shape index (κ2) is 9.74. The van der Waals surface area contributed by atoms with E-state index < -0.39 is 0 Å². The third-order valence-corrected chi connectivity index (χ3v) is 6.79. The van der Waals surface area contributed by atoms with E-state index in [1.54, 1.807) is 23.1 Å². The van der Waals surface area contributed by atoms with Crippen LogP contribution in [0.4, 0.5) is 0 Å². The molecule has 29 heavy (non-hydrogen) atoms. The Bertz CT molecular complexity index is 893. The van der Waals surface area contributed by atoms with E-state index in [1.165, 1.54) is 18.3 Å². The Kier molecular flexibility index (Phi) is 7.33. The van der Waals surface area contributed by atoms with Crippen LogP contribution in [0.1, 0.15) is 47.5 Å². The molecule has 2 amide bonds. The lowest BCUT2D eigenvalue weighted by Crippen LogP contribution is -2.42. The Hall–Kier alpha value is -1.89. The molecule has 2 heterocycles. The summed E-state index contributed by atoms with van der Waals surface area (Å²) in [5, 5.41) is 5.57. The highest BCUT2D eigenvalue weighted by Gasteiger charge is 2.29. The Balaban J connectivity index is 1.57. The number of Topliss-reactive ketones (excluding diaryl/α,β-unsaturated/α-hetero) is 1. The van der Waals surface area contributed by atoms with Gasteiger partial charge in [-0.3, -0.25) is 14.4 Å². The predicted octanol–water partition coefficient (Wildman–Crippen LogP) is 4.74. The molecular weight excluding hydrogens is 431 g/mol. The van der Waals surface area contributed by atoms with Gasteiger partial charge in [0.05, 0.1) is 22.5 Å². The predicted molar refractivity (Wildman–Crippen MR) is 116 cm³/mol. The zero-order valence-corrected chi connectivity index (χ0v) is 18.3. The topological polar surface area (TPSA) is 66.5 Å². The van der Waals surface area contributed by atoms with Crippen LogP contribution >= 0.6 is 34.5 Å². The molecule has 1 aliphatic rings. The molecule has 1 unspecified atom stereocenters. The molecule has 1 aromatic heterocycles. The highest BCUT2D eigenvalue weighted by atomic mass is 35.5. The van der Waals surface area contributed by atoms with Crippen molar-refractivity contribution in [2.24, 2.45) is 5.92 Å². The standard InChI is InChI=1S/C21H22Cl2N2O3S/c1-13(26)24-18(19-3-2-10-29-19)12-20(27)25-8-6-14(7-9-25)21(28)15-4-5-16(22)17(23)11-15/h2-5,10-11,14,18H,6-9,12H2,1H3,(H,24,26). The van der Waals surface area contributed by atoms with E-state index in [0.29, 0.717) is 41.5 Å². The first kappa shape index (κ1) is 21.8. The first-order chi connectivity index (χ1) is 13.8. The van der Waals surface area contributed by atoms with Gasteiger partial charge in [-0.25, -0.2) is 0 Å². The first-order valence-electron chi connectivity index (χ1n) is 9.42. The molecule has 0 bridgehead atoms. The minimum Gasteiger partial charge on any atom is -0.348 e. The maximum absolute atomic E-state index is 12.8. The van der Waals surface area contributed by atoms with Crippen molar-refractivity contribution in [2.45, 2.75) is 32.2 Å². The van der Waals surface area contributed by atoms with Gasteiger partial charge in [0.2, 0.25) is 11.8 Å². The number of carbonyl (C=O) groups excluding carboxylic acids is 3. The van der Waals surface area contributed by atoms with E-state index in [0.717, 1.165) is 4.88 Å². The monoisotopic (exact) mass is 452 g/mol. The summed E-state index contributed by atoms with van der Waals surface area (Å²) in [5.41, 5.74) is 0.549. The summed E-state index contributed by atoms with van der Waals surface area (Å²) in [6.07, 6.45) is 1.43. The number of nitrogens with zero attached hydrogens (tertiary/aromatic N) is 1. The fourth-order valence-corrected chi connectivity index (χ4v) is 4.61. The highest BCUT2D eigenvalue weighted by Crippen LogP contribution is 2.28. The van der Waals surface area contributed by atoms with Crippen LogP contribution < -0.4 is 5.32 Å². The Labute approximate surface area is 184 Å². The number of thiophene rings is 1. The van der Waals surface area contributed by atoms with Gasteiger partial charge < -0.3 is 10.2 Å². The minimum absolute atomic E-state index is 0.0161. The Morgan fingerprint density at radius 1 is 1.17 bits per heavy atom. The second-order valence-electron chi connectivity index (χ2n) is 7.12. The van der Waals surface area contributed by atoms with E-state index in [-0.39, 0.29) is 36.0 Å². The van der Waals surface area contributed by atoms with Crippen molar-refractivity contribution >= 4 is 52.1 Å². The fourth-order valence-electron chi connectivity index (χ4n) is 3.54. The summed E-state index contributed by atoms with van der Waals surface area (Å²) in [6, 6.07) is 8.41. The zero-order chi connectivity index (χ0) is 21.0. The number of ketones is 1. The van der Waals surface area contributed by atoms with Gasteiger partial charge in [0.25, 0.3) is 0 Å². The highest BCUT2D eigenvalue weighted by molar-refractivity contribution is 7.10. The molecule has 0 aliphatic carbocycles. The molecule has 1 saturated heterocycles. The number of carbonyl (C=O) groups is 3. The lowest BCUT2D eigenvalue weighted by Gasteiger charge is -2.32. The number of rotatable bonds is 6. The summed E-state index contributed by atoms with van der Waals surface area (Å²) in [5.74, 6) is -0.287. The van der Waals surface area contributed by atoms with Gasteiger partial charge >= 0.3 is 0 Å². The van der Waals surface area contributed by atoms with Crippen LogP contribution in [0.5, 0.6) is 0 Å². The fraction of sp³-hybridized carbons (Fsp3) is 0.381. The SMILES string of the molecule is CC(=O)NC(CC(=O)N1CCC(C(=O)c2ccc(Cl)c(Cl)c2)CC1)c1cccs1. The van der Waals surface area contributed by atoms with Gasteiger partial charge in [-0.1, -0.05) is 29.3 Å². The lowest BCUT2D eigenvalue weighted by atomic mass is 9.88. The van der Waals surface area contributed by atoms with Crippen molar-refractivity contribution in [1.29, 1.82) is 0 Å². The van der Waals surface area contributed by atoms with Crippen LogP contribution in [0.3, 0.4) is 0 Å². The van der Waals surface area contributed by atoms with Crippen LogP contribution in [-0.4, -0.2) is 35.6 Å². The number of halogens is 2. The average Bonchev–Trinajstić information content (AvgIpc) is 3.23. The van der Waals surface area contributed by atoms with Gasteiger partial charge in [-0.15, -0.1) is 11.3 Å². The molecule has 1 aliphatic heterocycles. The van der Waals surface area contributed by atoms with Crippen LogP contribution in [-0.2, 0) is 9.59 Å². The molecule has 3 rings (SSSR count). The van der Waals surface area contributed by atoms with Gasteiger partial charge in [0.1, 0.15) is 0 Å². The molecule has 1 fully saturated rings. The lowest BCUT2D eigenvalue weighted by molar-refractivity contribution is -0.133. The number of benzene rings is 1. The Morgan fingerprint density at radius 2 is 1.90 bits per heavy atom. The number of hydrogen-bond acceptors (Lipinski definition) is 4. The molecule has 5 nitrogen and oxygen atoms in total. The van der Waals surface area contributed by atoms with Crippen molar-refractivity contribution in [3.8, 4) is 0 Å². The number of piperidine rings is 1. The molecular formula is C21H22Cl2N2O3S. The third kappa shape index (κ3) is 5.59. The Morgan fingerprint density at radius 3 is 2.48 bits per heavy atom. The molecule has 0 spiro atoms. The normalized spacial score (nSPS) is 15.8. The number of hydrogen-bond donors (Lipinski definition) is 1. The third-order valence-electron chi connectivity index (χ3n) is 5.07. The first-order valence-corrected chi connectivity index (χ1v) is 11.1. The number of nitrogens with one attached hydrogen (secondary N) is 1. The van der Waals surface area contributed by atoms with Crippen molar-refractivity contribution in [2.75, 3.05) is 13.1 Å². The quantitative estimate of drug-likeness (QED) is 0.643. The summed E-state index contributed by atoms with van der Waals surface area (Å²) in [6.45, 7) is 2.49. The summed E-state index contributed by atoms with van der Waals surface area (Å²) in [4.78, 5) is 39.8. The summed E-state index contributed by atoms with van der Waals surface area (Å²) < 4.78 is 0. The smallest absolute Gasteiger partial charge is 0.225 e. The molecule has 154 valence electrons. The molecule has 0 saturated carbocycles. The maximum Gasteiger partial charge on any atom is 0.225 e. The van der Waals surface area contributed by atoms with E-state index in [1.807, 2.05) is 17.5 Å². The van der Waals surface area contributed by atoms with Crippen molar-refractivity contribution in [1.82, 2.24) is 10.2 Å². The molecule has 1 atom stereocenters. The van der Waals surface area contributed by atoms with Gasteiger partial charge in [-0.2, -0.15) is 0 Å². The van der Waals surface area contributed by atoms with Crippen molar-refractivity contribution in [3.63, 3.8) is 0 Å². The van der Waals surface area contributed by atoms with Crippen molar-refractivity contribution in [3.05, 3.63) is 56.2 Å². The van der Waals surface area contributed by atoms with Gasteiger partial charge in [0, 0.05) is 36.4 Å². The van der Waals surface area contributed by atoms with Crippen LogP contribution in [0.2, 0.25) is 10.0 Å². The van der Waals surface area contributed by atoms with E-state index >= 15 is 0 Å². The molecule has 1 N–H and O–H groups in total. The van der Waals surface area contributed by atoms with Crippen LogP contribution in [0.25, 0.3) is 0 Å². The molecule has 1 aromatic carbocycles. The largest absolute Gasteiger partial charge is 0.348 e. The van der Waals surface area contributed by atoms with Crippen molar-refractivity contribution < 1.29 is 14.4 Å². The molecule has 8 heteroatoms. The van der Waals surface area contributed by atoms with Crippen LogP contribution in [0.15, 0.2) is 35.7 Å². The zero-order valence-electron chi connectivity index (χ0n) is 16.0. The maximum atomic E-state index is 12.8. The van der Waals surface area contributed by atoms with Gasteiger partial charge in [-0.05, 0) is 42.5 Å². The number of amides is 2. The summed E-state index contributed by atoms with van der Waals surface area (Å²) in [7, 11) is 0.